The highest BCUT2D eigenvalue weighted by Gasteiger charge is 2.25. The first kappa shape index (κ1) is 19.2. The Hall–Kier alpha value is -3.15. The van der Waals surface area contributed by atoms with Gasteiger partial charge in [0, 0.05) is 17.0 Å². The fraction of sp³-hybridized carbons (Fsp3) is 0.348. The highest BCUT2D eigenvalue weighted by Crippen LogP contribution is 2.36. The van der Waals surface area contributed by atoms with Gasteiger partial charge >= 0.3 is 5.63 Å². The standard InChI is InChI=1S/C23H24N2O4/c1-14-13-19(16-5-3-6-16)29-23(27)20(14)22(26)24-11-12-28-18-8-4-7-17-10-9-15(2)25-21(17)18/h4,7-10,13,16H,3,5-6,11-12H2,1-2H3,(H,24,26). The van der Waals surface area contributed by atoms with Crippen molar-refractivity contribution in [3.8, 4) is 5.75 Å². The topological polar surface area (TPSA) is 81.4 Å². The Labute approximate surface area is 168 Å². The number of carbonyl (C=O) groups is 1. The Balaban J connectivity index is 1.38. The third-order valence-corrected chi connectivity index (χ3v) is 5.37. The first-order chi connectivity index (χ1) is 14.0. The van der Waals surface area contributed by atoms with E-state index in [0.29, 0.717) is 23.0 Å². The lowest BCUT2D eigenvalue weighted by Crippen LogP contribution is -2.32. The average molecular weight is 392 g/mol. The molecule has 4 rings (SSSR count). The Morgan fingerprint density at radius 2 is 2.07 bits per heavy atom. The fourth-order valence-corrected chi connectivity index (χ4v) is 3.55. The first-order valence-electron chi connectivity index (χ1n) is 9.95. The van der Waals surface area contributed by atoms with Crippen molar-refractivity contribution in [2.24, 2.45) is 0 Å². The smallest absolute Gasteiger partial charge is 0.349 e. The normalized spacial score (nSPS) is 13.9. The quantitative estimate of drug-likeness (QED) is 0.644. The van der Waals surface area contributed by atoms with Gasteiger partial charge in [0.2, 0.25) is 0 Å². The maximum atomic E-state index is 12.5. The molecule has 1 fully saturated rings. The number of hydrogen-bond donors (Lipinski definition) is 1. The summed E-state index contributed by atoms with van der Waals surface area (Å²) in [7, 11) is 0. The molecule has 0 aliphatic heterocycles. The fourth-order valence-electron chi connectivity index (χ4n) is 3.55. The number of hydrogen-bond acceptors (Lipinski definition) is 5. The van der Waals surface area contributed by atoms with Gasteiger partial charge in [-0.2, -0.15) is 0 Å². The van der Waals surface area contributed by atoms with Crippen molar-refractivity contribution in [1.82, 2.24) is 10.3 Å². The Morgan fingerprint density at radius 3 is 2.79 bits per heavy atom. The number of carbonyl (C=O) groups excluding carboxylic acids is 1. The van der Waals surface area contributed by atoms with E-state index in [2.05, 4.69) is 10.3 Å². The van der Waals surface area contributed by atoms with Crippen molar-refractivity contribution in [2.45, 2.75) is 39.0 Å². The molecule has 1 N–H and O–H groups in total. The SMILES string of the molecule is Cc1ccc2cccc(OCCNC(=O)c3c(C)cc(C4CCC4)oc3=O)c2n1. The van der Waals surface area contributed by atoms with E-state index in [1.807, 2.05) is 43.3 Å². The largest absolute Gasteiger partial charge is 0.489 e. The monoisotopic (exact) mass is 392 g/mol. The minimum atomic E-state index is -0.570. The molecule has 6 nitrogen and oxygen atoms in total. The van der Waals surface area contributed by atoms with E-state index < -0.39 is 11.5 Å². The molecule has 0 saturated heterocycles. The molecular weight excluding hydrogens is 368 g/mol. The molecule has 0 bridgehead atoms. The maximum Gasteiger partial charge on any atom is 0.349 e. The van der Waals surface area contributed by atoms with Crippen LogP contribution in [0.5, 0.6) is 5.75 Å². The summed E-state index contributed by atoms with van der Waals surface area (Å²) in [6.45, 7) is 4.24. The minimum Gasteiger partial charge on any atom is -0.489 e. The van der Waals surface area contributed by atoms with Gasteiger partial charge in [-0.25, -0.2) is 9.78 Å². The van der Waals surface area contributed by atoms with Crippen LogP contribution in [0.2, 0.25) is 0 Å². The van der Waals surface area contributed by atoms with Crippen molar-refractivity contribution in [1.29, 1.82) is 0 Å². The number of para-hydroxylation sites is 1. The van der Waals surface area contributed by atoms with E-state index >= 15 is 0 Å². The maximum absolute atomic E-state index is 12.5. The number of fused-ring (bicyclic) bond motifs is 1. The number of ether oxygens (including phenoxy) is 1. The van der Waals surface area contributed by atoms with Crippen LogP contribution in [0.1, 0.15) is 52.6 Å². The second kappa shape index (κ2) is 8.07. The molecule has 0 unspecified atom stereocenters. The predicted molar refractivity (Wildman–Crippen MR) is 111 cm³/mol. The first-order valence-corrected chi connectivity index (χ1v) is 9.95. The molecule has 3 aromatic rings. The van der Waals surface area contributed by atoms with Crippen LogP contribution in [0.15, 0.2) is 45.6 Å². The van der Waals surface area contributed by atoms with Crippen LogP contribution in [-0.2, 0) is 0 Å². The van der Waals surface area contributed by atoms with E-state index in [1.165, 1.54) is 0 Å². The third-order valence-electron chi connectivity index (χ3n) is 5.37. The molecule has 0 atom stereocenters. The number of aromatic nitrogens is 1. The van der Waals surface area contributed by atoms with Gasteiger partial charge < -0.3 is 14.5 Å². The number of rotatable bonds is 6. The van der Waals surface area contributed by atoms with Crippen LogP contribution in [0, 0.1) is 13.8 Å². The predicted octanol–water partition coefficient (Wildman–Crippen LogP) is 3.88. The van der Waals surface area contributed by atoms with Crippen molar-refractivity contribution < 1.29 is 13.9 Å². The highest BCUT2D eigenvalue weighted by molar-refractivity contribution is 5.95. The van der Waals surface area contributed by atoms with Gasteiger partial charge in [-0.3, -0.25) is 4.79 Å². The molecule has 1 aliphatic rings. The summed E-state index contributed by atoms with van der Waals surface area (Å²) in [5.74, 6) is 1.23. The lowest BCUT2D eigenvalue weighted by atomic mass is 9.83. The Morgan fingerprint density at radius 1 is 1.24 bits per heavy atom. The molecule has 0 radical (unpaired) electrons. The van der Waals surface area contributed by atoms with Gasteiger partial charge in [0.15, 0.2) is 0 Å². The lowest BCUT2D eigenvalue weighted by Gasteiger charge is -2.24. The van der Waals surface area contributed by atoms with E-state index in [1.54, 1.807) is 6.92 Å². The number of nitrogens with one attached hydrogen (secondary N) is 1. The minimum absolute atomic E-state index is 0.0653. The van der Waals surface area contributed by atoms with Crippen LogP contribution in [0.3, 0.4) is 0 Å². The van der Waals surface area contributed by atoms with Crippen LogP contribution in [-0.4, -0.2) is 24.0 Å². The van der Waals surface area contributed by atoms with Crippen molar-refractivity contribution in [3.63, 3.8) is 0 Å². The number of pyridine rings is 1. The van der Waals surface area contributed by atoms with Crippen LogP contribution < -0.4 is 15.7 Å². The summed E-state index contributed by atoms with van der Waals surface area (Å²) < 4.78 is 11.2. The summed E-state index contributed by atoms with van der Waals surface area (Å²) in [4.78, 5) is 29.3. The lowest BCUT2D eigenvalue weighted by molar-refractivity contribution is 0.0941. The molecule has 1 saturated carbocycles. The van der Waals surface area contributed by atoms with Gasteiger partial charge in [-0.1, -0.05) is 24.6 Å². The average Bonchev–Trinajstić information content (AvgIpc) is 2.63. The van der Waals surface area contributed by atoms with Crippen LogP contribution in [0.4, 0.5) is 0 Å². The van der Waals surface area contributed by atoms with Crippen molar-refractivity contribution in [2.75, 3.05) is 13.2 Å². The van der Waals surface area contributed by atoms with Gasteiger partial charge in [0.25, 0.3) is 5.91 Å². The zero-order valence-electron chi connectivity index (χ0n) is 16.7. The highest BCUT2D eigenvalue weighted by atomic mass is 16.5. The molecule has 29 heavy (non-hydrogen) atoms. The second-order valence-electron chi connectivity index (χ2n) is 7.51. The third kappa shape index (κ3) is 4.01. The molecule has 2 heterocycles. The molecule has 6 heteroatoms. The molecule has 1 aliphatic carbocycles. The zero-order valence-corrected chi connectivity index (χ0v) is 16.7. The summed E-state index contributed by atoms with van der Waals surface area (Å²) >= 11 is 0. The number of amides is 1. The summed E-state index contributed by atoms with van der Waals surface area (Å²) in [6, 6.07) is 11.5. The molecule has 1 amide bonds. The number of benzene rings is 1. The molecule has 2 aromatic heterocycles. The molecular formula is C23H24N2O4. The second-order valence-corrected chi connectivity index (χ2v) is 7.51. The zero-order chi connectivity index (χ0) is 20.4. The summed E-state index contributed by atoms with van der Waals surface area (Å²) in [5.41, 5.74) is 1.85. The van der Waals surface area contributed by atoms with Crippen LogP contribution >= 0.6 is 0 Å². The van der Waals surface area contributed by atoms with Crippen molar-refractivity contribution >= 4 is 16.8 Å². The van der Waals surface area contributed by atoms with E-state index in [0.717, 1.165) is 35.9 Å². The Bertz CT molecular complexity index is 1120. The van der Waals surface area contributed by atoms with Gasteiger partial charge in [0.1, 0.15) is 29.2 Å². The Kier molecular flexibility index (Phi) is 5.34. The molecule has 1 aromatic carbocycles. The number of nitrogens with zero attached hydrogens (tertiary/aromatic N) is 1. The molecule has 150 valence electrons. The van der Waals surface area contributed by atoms with Crippen LogP contribution in [0.25, 0.3) is 10.9 Å². The summed E-state index contributed by atoms with van der Waals surface area (Å²) in [5, 5.41) is 3.74. The summed E-state index contributed by atoms with van der Waals surface area (Å²) in [6.07, 6.45) is 3.23. The van der Waals surface area contributed by atoms with Gasteiger partial charge in [0.05, 0.1) is 6.54 Å². The van der Waals surface area contributed by atoms with E-state index in [-0.39, 0.29) is 18.7 Å². The van der Waals surface area contributed by atoms with Gasteiger partial charge in [-0.15, -0.1) is 0 Å². The van der Waals surface area contributed by atoms with Gasteiger partial charge in [-0.05, 0) is 50.5 Å². The van der Waals surface area contributed by atoms with Crippen molar-refractivity contribution in [3.05, 3.63) is 69.4 Å². The number of aryl methyl sites for hydroxylation is 2. The van der Waals surface area contributed by atoms with E-state index in [4.69, 9.17) is 9.15 Å². The molecule has 0 spiro atoms. The van der Waals surface area contributed by atoms with E-state index in [9.17, 15) is 9.59 Å².